The van der Waals surface area contributed by atoms with E-state index in [0.717, 1.165) is 11.8 Å². The SMILES string of the molecule is C[C@@H]1C([SiH](C)C)=CC=C[C@@H]1C. The lowest BCUT2D eigenvalue weighted by molar-refractivity contribution is 0.540. The van der Waals surface area contributed by atoms with Crippen molar-refractivity contribution in [1.82, 2.24) is 0 Å². The van der Waals surface area contributed by atoms with Gasteiger partial charge in [0.1, 0.15) is 0 Å². The molecule has 0 heterocycles. The van der Waals surface area contributed by atoms with Gasteiger partial charge >= 0.3 is 0 Å². The molecule has 0 aliphatic heterocycles. The smallest absolute Gasteiger partial charge is 0.0599 e. The van der Waals surface area contributed by atoms with Gasteiger partial charge in [-0.3, -0.25) is 0 Å². The van der Waals surface area contributed by atoms with Crippen molar-refractivity contribution < 1.29 is 0 Å². The van der Waals surface area contributed by atoms with E-state index >= 15 is 0 Å². The first-order chi connectivity index (χ1) is 5.13. The second-order valence-corrected chi connectivity index (χ2v) is 6.83. The molecule has 0 spiro atoms. The van der Waals surface area contributed by atoms with Gasteiger partial charge < -0.3 is 0 Å². The van der Waals surface area contributed by atoms with Crippen molar-refractivity contribution >= 4 is 8.80 Å². The van der Waals surface area contributed by atoms with Crippen molar-refractivity contribution in [2.45, 2.75) is 26.9 Å². The normalized spacial score (nSPS) is 30.8. The van der Waals surface area contributed by atoms with Gasteiger partial charge in [-0.2, -0.15) is 0 Å². The standard InChI is InChI=1S/C10H18Si/c1-8-6-5-7-10(9(8)2)11(3)4/h5-9,11H,1-4H3/t8-,9-/m0/s1. The Morgan fingerprint density at radius 2 is 1.91 bits per heavy atom. The topological polar surface area (TPSA) is 0 Å². The highest BCUT2D eigenvalue weighted by Crippen LogP contribution is 2.26. The second-order valence-electron chi connectivity index (χ2n) is 3.85. The van der Waals surface area contributed by atoms with Crippen molar-refractivity contribution in [1.29, 1.82) is 0 Å². The predicted molar refractivity (Wildman–Crippen MR) is 54.4 cm³/mol. The Bertz CT molecular complexity index is 189. The van der Waals surface area contributed by atoms with Crippen LogP contribution in [0.15, 0.2) is 23.4 Å². The Kier molecular flexibility index (Phi) is 2.71. The molecule has 1 aliphatic carbocycles. The molecule has 0 saturated carbocycles. The van der Waals surface area contributed by atoms with Crippen LogP contribution in [0.2, 0.25) is 13.1 Å². The number of hydrogen-bond donors (Lipinski definition) is 0. The summed E-state index contributed by atoms with van der Waals surface area (Å²) in [4.78, 5) is 0. The molecule has 0 aromatic heterocycles. The Balaban J connectivity index is 2.78. The third kappa shape index (κ3) is 1.83. The Morgan fingerprint density at radius 1 is 1.27 bits per heavy atom. The van der Waals surface area contributed by atoms with Crippen molar-refractivity contribution in [3.8, 4) is 0 Å². The van der Waals surface area contributed by atoms with Gasteiger partial charge in [0.2, 0.25) is 0 Å². The van der Waals surface area contributed by atoms with Crippen LogP contribution in [0.25, 0.3) is 0 Å². The Labute approximate surface area is 71.6 Å². The van der Waals surface area contributed by atoms with Gasteiger partial charge in [0.05, 0.1) is 8.80 Å². The van der Waals surface area contributed by atoms with Gasteiger partial charge in [-0.25, -0.2) is 0 Å². The summed E-state index contributed by atoms with van der Waals surface area (Å²) in [6.45, 7) is 9.49. The molecule has 11 heavy (non-hydrogen) atoms. The summed E-state index contributed by atoms with van der Waals surface area (Å²) in [5.41, 5.74) is 0. The molecule has 1 heteroatoms. The van der Waals surface area contributed by atoms with E-state index in [0.29, 0.717) is 0 Å². The molecule has 0 aromatic rings. The molecular formula is C10H18Si. The van der Waals surface area contributed by atoms with Crippen molar-refractivity contribution in [3.05, 3.63) is 23.4 Å². The van der Waals surface area contributed by atoms with Crippen LogP contribution in [0.1, 0.15) is 13.8 Å². The first-order valence-electron chi connectivity index (χ1n) is 4.51. The third-order valence-electron chi connectivity index (χ3n) is 2.68. The van der Waals surface area contributed by atoms with E-state index in [1.165, 1.54) is 0 Å². The van der Waals surface area contributed by atoms with E-state index in [2.05, 4.69) is 45.2 Å². The van der Waals surface area contributed by atoms with Gasteiger partial charge in [0.15, 0.2) is 0 Å². The Hall–Kier alpha value is -0.303. The fraction of sp³-hybridized carbons (Fsp3) is 0.600. The number of allylic oxidation sites excluding steroid dienone is 4. The molecule has 0 aromatic carbocycles. The molecule has 2 atom stereocenters. The zero-order chi connectivity index (χ0) is 8.43. The van der Waals surface area contributed by atoms with E-state index in [9.17, 15) is 0 Å². The zero-order valence-electron chi connectivity index (χ0n) is 7.96. The highest BCUT2D eigenvalue weighted by Gasteiger charge is 2.19. The van der Waals surface area contributed by atoms with Gasteiger partial charge in [-0.05, 0) is 11.8 Å². The van der Waals surface area contributed by atoms with Crippen LogP contribution in [0.5, 0.6) is 0 Å². The molecule has 0 fully saturated rings. The maximum atomic E-state index is 2.41. The van der Waals surface area contributed by atoms with Crippen molar-refractivity contribution in [3.63, 3.8) is 0 Å². The first kappa shape index (κ1) is 8.79. The summed E-state index contributed by atoms with van der Waals surface area (Å²) in [5.74, 6) is 1.55. The lowest BCUT2D eigenvalue weighted by atomic mass is 9.91. The number of hydrogen-bond acceptors (Lipinski definition) is 0. The maximum absolute atomic E-state index is 2.41. The fourth-order valence-electron chi connectivity index (χ4n) is 1.68. The van der Waals surface area contributed by atoms with Crippen LogP contribution in [0, 0.1) is 11.8 Å². The quantitative estimate of drug-likeness (QED) is 0.525. The van der Waals surface area contributed by atoms with E-state index in [1.54, 1.807) is 5.20 Å². The predicted octanol–water partition coefficient (Wildman–Crippen LogP) is 2.78. The lowest BCUT2D eigenvalue weighted by Crippen LogP contribution is -2.20. The minimum atomic E-state index is -0.538. The lowest BCUT2D eigenvalue weighted by Gasteiger charge is -2.25. The van der Waals surface area contributed by atoms with E-state index in [-0.39, 0.29) is 0 Å². The van der Waals surface area contributed by atoms with Crippen molar-refractivity contribution in [2.24, 2.45) is 11.8 Å². The van der Waals surface area contributed by atoms with Crippen LogP contribution in [0.3, 0.4) is 0 Å². The van der Waals surface area contributed by atoms with Crippen LogP contribution in [0.4, 0.5) is 0 Å². The molecule has 0 unspecified atom stereocenters. The molecular weight excluding hydrogens is 148 g/mol. The zero-order valence-corrected chi connectivity index (χ0v) is 9.12. The van der Waals surface area contributed by atoms with E-state index in [4.69, 9.17) is 0 Å². The fourth-order valence-corrected chi connectivity index (χ4v) is 3.53. The molecule has 0 saturated heterocycles. The molecule has 62 valence electrons. The molecule has 0 N–H and O–H groups in total. The van der Waals surface area contributed by atoms with Crippen LogP contribution in [-0.2, 0) is 0 Å². The third-order valence-corrected chi connectivity index (χ3v) is 4.74. The monoisotopic (exact) mass is 166 g/mol. The number of rotatable bonds is 1. The maximum Gasteiger partial charge on any atom is 0.0599 e. The highest BCUT2D eigenvalue weighted by atomic mass is 28.3. The summed E-state index contributed by atoms with van der Waals surface area (Å²) in [7, 11) is -0.538. The largest absolute Gasteiger partial charge is 0.0813 e. The summed E-state index contributed by atoms with van der Waals surface area (Å²) in [6, 6.07) is 0. The second kappa shape index (κ2) is 3.40. The summed E-state index contributed by atoms with van der Waals surface area (Å²) in [5, 5.41) is 1.74. The van der Waals surface area contributed by atoms with Crippen molar-refractivity contribution in [2.75, 3.05) is 0 Å². The summed E-state index contributed by atoms with van der Waals surface area (Å²) < 4.78 is 0. The van der Waals surface area contributed by atoms with Gasteiger partial charge in [-0.1, -0.05) is 50.4 Å². The molecule has 1 rings (SSSR count). The van der Waals surface area contributed by atoms with E-state index < -0.39 is 8.80 Å². The van der Waals surface area contributed by atoms with Gasteiger partial charge in [0.25, 0.3) is 0 Å². The highest BCUT2D eigenvalue weighted by molar-refractivity contribution is 6.64. The molecule has 0 radical (unpaired) electrons. The summed E-state index contributed by atoms with van der Waals surface area (Å²) >= 11 is 0. The van der Waals surface area contributed by atoms with E-state index in [1.807, 2.05) is 0 Å². The molecule has 0 bridgehead atoms. The Morgan fingerprint density at radius 3 is 2.36 bits per heavy atom. The average Bonchev–Trinajstić information content (AvgIpc) is 1.94. The van der Waals surface area contributed by atoms with Gasteiger partial charge in [-0.15, -0.1) is 0 Å². The van der Waals surface area contributed by atoms with Gasteiger partial charge in [0, 0.05) is 0 Å². The van der Waals surface area contributed by atoms with Crippen LogP contribution < -0.4 is 0 Å². The van der Waals surface area contributed by atoms with Crippen LogP contribution >= 0.6 is 0 Å². The van der Waals surface area contributed by atoms with Crippen LogP contribution in [-0.4, -0.2) is 8.80 Å². The molecule has 1 aliphatic rings. The molecule has 0 amide bonds. The summed E-state index contributed by atoms with van der Waals surface area (Å²) in [6.07, 6.45) is 6.87. The average molecular weight is 166 g/mol. The minimum absolute atomic E-state index is 0.538. The minimum Gasteiger partial charge on any atom is -0.0813 e. The molecule has 0 nitrogen and oxygen atoms in total. The first-order valence-corrected chi connectivity index (χ1v) is 7.40.